The van der Waals surface area contributed by atoms with Gasteiger partial charge in [0.2, 0.25) is 0 Å². The van der Waals surface area contributed by atoms with Gasteiger partial charge in [0.1, 0.15) is 0 Å². The van der Waals surface area contributed by atoms with Crippen molar-refractivity contribution in [1.29, 1.82) is 0 Å². The maximum atomic E-state index is 11.9. The molecular weight excluding hydrogens is 272 g/mol. The average molecular weight is 294 g/mol. The molecule has 0 bridgehead atoms. The number of hydrogen-bond donors (Lipinski definition) is 0. The second kappa shape index (κ2) is 9.13. The summed E-state index contributed by atoms with van der Waals surface area (Å²) in [6.07, 6.45) is -0.622. The van der Waals surface area contributed by atoms with Crippen molar-refractivity contribution in [1.82, 2.24) is 0 Å². The van der Waals surface area contributed by atoms with Crippen LogP contribution in [0.2, 0.25) is 0 Å². The quantitative estimate of drug-likeness (QED) is 0.544. The van der Waals surface area contributed by atoms with Crippen molar-refractivity contribution >= 4 is 11.9 Å². The summed E-state index contributed by atoms with van der Waals surface area (Å²) in [5.41, 5.74) is 0.968. The van der Waals surface area contributed by atoms with E-state index in [0.717, 1.165) is 5.56 Å². The molecule has 0 aliphatic heterocycles. The molecule has 21 heavy (non-hydrogen) atoms. The van der Waals surface area contributed by atoms with Crippen molar-refractivity contribution in [3.05, 3.63) is 35.9 Å². The lowest BCUT2D eigenvalue weighted by Gasteiger charge is -2.21. The minimum atomic E-state index is -1.06. The van der Waals surface area contributed by atoms with Gasteiger partial charge in [-0.05, 0) is 26.3 Å². The lowest BCUT2D eigenvalue weighted by molar-refractivity contribution is -0.169. The van der Waals surface area contributed by atoms with E-state index in [4.69, 9.17) is 14.2 Å². The van der Waals surface area contributed by atoms with Gasteiger partial charge in [0, 0.05) is 0 Å². The van der Waals surface area contributed by atoms with Gasteiger partial charge in [-0.15, -0.1) is 0 Å². The molecule has 0 amide bonds. The molecule has 5 heteroatoms. The van der Waals surface area contributed by atoms with Crippen LogP contribution in [0.15, 0.2) is 30.3 Å². The van der Waals surface area contributed by atoms with Crippen LogP contribution in [-0.4, -0.2) is 31.3 Å². The summed E-state index contributed by atoms with van der Waals surface area (Å²) in [4.78, 5) is 23.8. The van der Waals surface area contributed by atoms with Crippen LogP contribution in [0, 0.1) is 5.92 Å². The van der Waals surface area contributed by atoms with Gasteiger partial charge in [-0.2, -0.15) is 0 Å². The number of carbonyl (C=O) groups is 2. The molecule has 1 rings (SSSR count). The minimum Gasteiger partial charge on any atom is -0.465 e. The SMILES string of the molecule is CCOC(=O)C(C(=O)OCC)C(C)OCc1ccccc1. The second-order valence-electron chi connectivity index (χ2n) is 4.48. The minimum absolute atomic E-state index is 0.208. The first-order chi connectivity index (χ1) is 10.1. The van der Waals surface area contributed by atoms with Crippen LogP contribution in [-0.2, 0) is 30.4 Å². The number of rotatable bonds is 8. The molecule has 116 valence electrons. The van der Waals surface area contributed by atoms with Gasteiger partial charge in [-0.25, -0.2) is 0 Å². The Morgan fingerprint density at radius 2 is 1.52 bits per heavy atom. The summed E-state index contributed by atoms with van der Waals surface area (Å²) in [7, 11) is 0. The fraction of sp³-hybridized carbons (Fsp3) is 0.500. The van der Waals surface area contributed by atoms with Crippen LogP contribution in [0.25, 0.3) is 0 Å². The maximum absolute atomic E-state index is 11.9. The first-order valence-corrected chi connectivity index (χ1v) is 7.08. The summed E-state index contributed by atoms with van der Waals surface area (Å²) in [5, 5.41) is 0. The highest BCUT2D eigenvalue weighted by molar-refractivity contribution is 5.95. The van der Waals surface area contributed by atoms with Crippen molar-refractivity contribution in [3.8, 4) is 0 Å². The molecule has 1 unspecified atom stereocenters. The van der Waals surface area contributed by atoms with Crippen LogP contribution >= 0.6 is 0 Å². The summed E-state index contributed by atoms with van der Waals surface area (Å²) in [5.74, 6) is -2.29. The van der Waals surface area contributed by atoms with Gasteiger partial charge in [0.05, 0.1) is 25.9 Å². The Balaban J connectivity index is 2.68. The lowest BCUT2D eigenvalue weighted by atomic mass is 10.0. The zero-order valence-electron chi connectivity index (χ0n) is 12.7. The normalized spacial score (nSPS) is 12.0. The summed E-state index contributed by atoms with van der Waals surface area (Å²) >= 11 is 0. The van der Waals surface area contributed by atoms with E-state index in [1.807, 2.05) is 30.3 Å². The highest BCUT2D eigenvalue weighted by atomic mass is 16.6. The third-order valence-corrected chi connectivity index (χ3v) is 2.91. The molecule has 0 saturated carbocycles. The summed E-state index contributed by atoms with van der Waals surface area (Å²) < 4.78 is 15.5. The maximum Gasteiger partial charge on any atom is 0.323 e. The fourth-order valence-electron chi connectivity index (χ4n) is 1.84. The summed E-state index contributed by atoms with van der Waals surface area (Å²) in [6.45, 7) is 5.78. The third kappa shape index (κ3) is 5.55. The van der Waals surface area contributed by atoms with Gasteiger partial charge >= 0.3 is 11.9 Å². The van der Waals surface area contributed by atoms with Gasteiger partial charge < -0.3 is 14.2 Å². The fourth-order valence-corrected chi connectivity index (χ4v) is 1.84. The molecule has 1 atom stereocenters. The number of carbonyl (C=O) groups excluding carboxylic acids is 2. The van der Waals surface area contributed by atoms with Crippen LogP contribution in [0.1, 0.15) is 26.3 Å². The topological polar surface area (TPSA) is 61.8 Å². The van der Waals surface area contributed by atoms with Crippen molar-refractivity contribution in [2.24, 2.45) is 5.92 Å². The summed E-state index contributed by atoms with van der Waals surface area (Å²) in [6, 6.07) is 9.54. The number of esters is 2. The van der Waals surface area contributed by atoms with E-state index in [1.165, 1.54) is 0 Å². The molecule has 1 aromatic carbocycles. The van der Waals surface area contributed by atoms with Gasteiger partial charge in [-0.1, -0.05) is 30.3 Å². The van der Waals surface area contributed by atoms with Crippen molar-refractivity contribution < 1.29 is 23.8 Å². The molecule has 0 aromatic heterocycles. The third-order valence-electron chi connectivity index (χ3n) is 2.91. The monoisotopic (exact) mass is 294 g/mol. The van der Waals surface area contributed by atoms with E-state index < -0.39 is 24.0 Å². The number of ether oxygens (including phenoxy) is 3. The smallest absolute Gasteiger partial charge is 0.323 e. The zero-order chi connectivity index (χ0) is 15.7. The van der Waals surface area contributed by atoms with Crippen LogP contribution in [0.4, 0.5) is 0 Å². The molecule has 0 radical (unpaired) electrons. The first kappa shape index (κ1) is 17.2. The molecular formula is C16H22O5. The highest BCUT2D eigenvalue weighted by Gasteiger charge is 2.35. The second-order valence-corrected chi connectivity index (χ2v) is 4.48. The molecule has 0 aliphatic rings. The largest absolute Gasteiger partial charge is 0.465 e. The Bertz CT molecular complexity index is 425. The molecule has 0 N–H and O–H groups in total. The van der Waals surface area contributed by atoms with E-state index in [1.54, 1.807) is 20.8 Å². The molecule has 0 saturated heterocycles. The van der Waals surface area contributed by atoms with Crippen LogP contribution in [0.3, 0.4) is 0 Å². The lowest BCUT2D eigenvalue weighted by Crippen LogP contribution is -2.37. The van der Waals surface area contributed by atoms with Gasteiger partial charge in [0.15, 0.2) is 5.92 Å². The Morgan fingerprint density at radius 3 is 2.00 bits per heavy atom. The highest BCUT2D eigenvalue weighted by Crippen LogP contribution is 2.15. The first-order valence-electron chi connectivity index (χ1n) is 7.08. The Kier molecular flexibility index (Phi) is 7.46. The molecule has 5 nitrogen and oxygen atoms in total. The predicted molar refractivity (Wildman–Crippen MR) is 77.4 cm³/mol. The van der Waals surface area contributed by atoms with Crippen molar-refractivity contribution in [3.63, 3.8) is 0 Å². The number of benzene rings is 1. The molecule has 0 fully saturated rings. The standard InChI is InChI=1S/C16H22O5/c1-4-19-15(17)14(16(18)20-5-2)12(3)21-11-13-9-7-6-8-10-13/h6-10,12,14H,4-5,11H2,1-3H3. The van der Waals surface area contributed by atoms with Crippen LogP contribution < -0.4 is 0 Å². The van der Waals surface area contributed by atoms with Gasteiger partial charge in [0.25, 0.3) is 0 Å². The molecule has 0 spiro atoms. The molecule has 0 heterocycles. The van der Waals surface area contributed by atoms with Crippen LogP contribution in [0.5, 0.6) is 0 Å². The molecule has 1 aromatic rings. The van der Waals surface area contributed by atoms with E-state index in [-0.39, 0.29) is 13.2 Å². The number of hydrogen-bond acceptors (Lipinski definition) is 5. The Morgan fingerprint density at radius 1 is 1.00 bits per heavy atom. The van der Waals surface area contributed by atoms with E-state index in [2.05, 4.69) is 0 Å². The Hall–Kier alpha value is -1.88. The van der Waals surface area contributed by atoms with Crippen molar-refractivity contribution in [2.75, 3.05) is 13.2 Å². The predicted octanol–water partition coefficient (Wildman–Crippen LogP) is 2.33. The van der Waals surface area contributed by atoms with Crippen molar-refractivity contribution in [2.45, 2.75) is 33.5 Å². The van der Waals surface area contributed by atoms with Gasteiger partial charge in [-0.3, -0.25) is 9.59 Å². The molecule has 0 aliphatic carbocycles. The van der Waals surface area contributed by atoms with E-state index in [9.17, 15) is 9.59 Å². The van der Waals surface area contributed by atoms with E-state index in [0.29, 0.717) is 6.61 Å². The average Bonchev–Trinajstić information content (AvgIpc) is 2.47. The zero-order valence-corrected chi connectivity index (χ0v) is 12.7. The Labute approximate surface area is 125 Å². The van der Waals surface area contributed by atoms with E-state index >= 15 is 0 Å².